The molecule has 0 spiro atoms. The third kappa shape index (κ3) is 2.90. The summed E-state index contributed by atoms with van der Waals surface area (Å²) in [4.78, 5) is 15.7. The molecule has 1 atom stereocenters. The van der Waals surface area contributed by atoms with Gasteiger partial charge in [0.25, 0.3) is 0 Å². The first-order chi connectivity index (χ1) is 10.6. The first-order valence-electron chi connectivity index (χ1n) is 7.09. The van der Waals surface area contributed by atoms with E-state index in [0.717, 1.165) is 17.0 Å². The van der Waals surface area contributed by atoms with Gasteiger partial charge in [0, 0.05) is 23.7 Å². The van der Waals surface area contributed by atoms with Crippen molar-refractivity contribution >= 4 is 23.2 Å². The van der Waals surface area contributed by atoms with Crippen molar-refractivity contribution in [1.82, 2.24) is 14.6 Å². The molecule has 112 valence electrons. The highest BCUT2D eigenvalue weighted by atomic mass is 16.1. The van der Waals surface area contributed by atoms with Crippen LogP contribution in [0.5, 0.6) is 0 Å². The molecule has 2 heterocycles. The number of benzene rings is 1. The Hall–Kier alpha value is -2.89. The summed E-state index contributed by atoms with van der Waals surface area (Å²) < 4.78 is 1.74. The minimum absolute atomic E-state index is 0.250. The number of nitrogens with one attached hydrogen (secondary N) is 1. The van der Waals surface area contributed by atoms with Crippen molar-refractivity contribution in [2.75, 3.05) is 5.32 Å². The first-order valence-corrected chi connectivity index (χ1v) is 7.09. The summed E-state index contributed by atoms with van der Waals surface area (Å²) in [6, 6.07) is 15.4. The summed E-state index contributed by atoms with van der Waals surface area (Å²) in [5.74, 6) is -0.0505. The Morgan fingerprint density at radius 2 is 2.00 bits per heavy atom. The number of aromatic nitrogens is 3. The molecule has 0 bridgehead atoms. The van der Waals surface area contributed by atoms with E-state index in [0.29, 0.717) is 12.4 Å². The molecule has 0 saturated heterocycles. The maximum Gasteiger partial charge on any atom is 0.247 e. The number of hydrogen-bond acceptors (Lipinski definition) is 4. The zero-order valence-electron chi connectivity index (χ0n) is 12.2. The number of carbonyl (C=O) groups excluding carboxylic acids is 1. The summed E-state index contributed by atoms with van der Waals surface area (Å²) in [6.07, 6.45) is 0.529. The minimum Gasteiger partial charge on any atom is -0.369 e. The number of nitrogens with zero attached hydrogens (tertiary/aromatic N) is 3. The number of hydrogen-bond donors (Lipinski definition) is 2. The molecule has 3 aromatic rings. The SMILES string of the molecule is C[C@@H](Cc1cccc2nc(Nc3ccccc3)nn12)C(N)=O. The van der Waals surface area contributed by atoms with Crippen molar-refractivity contribution in [3.8, 4) is 0 Å². The third-order valence-corrected chi connectivity index (χ3v) is 3.47. The fourth-order valence-electron chi connectivity index (χ4n) is 2.23. The monoisotopic (exact) mass is 295 g/mol. The van der Waals surface area contributed by atoms with E-state index in [1.165, 1.54) is 0 Å². The first kappa shape index (κ1) is 14.1. The predicted octanol–water partition coefficient (Wildman–Crippen LogP) is 2.14. The van der Waals surface area contributed by atoms with Crippen molar-refractivity contribution < 1.29 is 4.79 Å². The number of amides is 1. The molecule has 0 fully saturated rings. The second-order valence-corrected chi connectivity index (χ2v) is 5.22. The van der Waals surface area contributed by atoms with Gasteiger partial charge in [0.1, 0.15) is 0 Å². The fourth-order valence-corrected chi connectivity index (χ4v) is 2.23. The number of fused-ring (bicyclic) bond motifs is 1. The normalized spacial score (nSPS) is 12.2. The molecule has 0 aliphatic carbocycles. The molecule has 0 aliphatic heterocycles. The molecule has 1 aromatic carbocycles. The lowest BCUT2D eigenvalue weighted by molar-refractivity contribution is -0.121. The molecular formula is C16H17N5O. The van der Waals surface area contributed by atoms with E-state index in [9.17, 15) is 4.79 Å². The summed E-state index contributed by atoms with van der Waals surface area (Å²) >= 11 is 0. The van der Waals surface area contributed by atoms with E-state index in [1.54, 1.807) is 11.4 Å². The van der Waals surface area contributed by atoms with Crippen molar-refractivity contribution in [2.45, 2.75) is 13.3 Å². The van der Waals surface area contributed by atoms with Gasteiger partial charge >= 0.3 is 0 Å². The Bertz CT molecular complexity index is 797. The van der Waals surface area contributed by atoms with Crippen LogP contribution in [0, 0.1) is 5.92 Å². The smallest absolute Gasteiger partial charge is 0.247 e. The topological polar surface area (TPSA) is 85.3 Å². The number of nitrogens with two attached hydrogens (primary N) is 1. The molecule has 0 saturated carbocycles. The number of carbonyl (C=O) groups is 1. The Balaban J connectivity index is 1.91. The molecule has 0 radical (unpaired) electrons. The number of anilines is 2. The number of pyridine rings is 1. The molecule has 3 rings (SSSR count). The standard InChI is InChI=1S/C16H17N5O/c1-11(15(17)22)10-13-8-5-9-14-19-16(20-21(13)14)18-12-6-3-2-4-7-12/h2-9,11H,10H2,1H3,(H2,17,22)(H,18,20)/t11-/m0/s1. The zero-order chi connectivity index (χ0) is 15.5. The lowest BCUT2D eigenvalue weighted by Gasteiger charge is -2.08. The maximum atomic E-state index is 11.3. The van der Waals surface area contributed by atoms with Crippen molar-refractivity contribution in [3.05, 3.63) is 54.2 Å². The van der Waals surface area contributed by atoms with E-state index >= 15 is 0 Å². The van der Waals surface area contributed by atoms with Gasteiger partial charge in [-0.3, -0.25) is 4.79 Å². The van der Waals surface area contributed by atoms with Crippen LogP contribution in [0.2, 0.25) is 0 Å². The van der Waals surface area contributed by atoms with Crippen LogP contribution in [0.15, 0.2) is 48.5 Å². The van der Waals surface area contributed by atoms with Gasteiger partial charge in [-0.2, -0.15) is 4.98 Å². The van der Waals surface area contributed by atoms with Crippen molar-refractivity contribution in [3.63, 3.8) is 0 Å². The van der Waals surface area contributed by atoms with Crippen molar-refractivity contribution in [2.24, 2.45) is 11.7 Å². The van der Waals surface area contributed by atoms with Gasteiger partial charge in [-0.25, -0.2) is 4.52 Å². The van der Waals surface area contributed by atoms with Crippen LogP contribution in [0.25, 0.3) is 5.65 Å². The molecule has 0 unspecified atom stereocenters. The van der Waals surface area contributed by atoms with Gasteiger partial charge in [-0.05, 0) is 24.3 Å². The number of primary amides is 1. The Morgan fingerprint density at radius 3 is 2.73 bits per heavy atom. The van der Waals surface area contributed by atoms with E-state index in [1.807, 2.05) is 48.5 Å². The van der Waals surface area contributed by atoms with Crippen LogP contribution in [0.3, 0.4) is 0 Å². The second kappa shape index (κ2) is 5.85. The van der Waals surface area contributed by atoms with E-state index in [4.69, 9.17) is 5.73 Å². The molecule has 0 aliphatic rings. The van der Waals surface area contributed by atoms with E-state index < -0.39 is 0 Å². The van der Waals surface area contributed by atoms with Gasteiger partial charge in [0.05, 0.1) is 0 Å². The summed E-state index contributed by atoms with van der Waals surface area (Å²) in [6.45, 7) is 1.81. The zero-order valence-corrected chi connectivity index (χ0v) is 12.2. The average molecular weight is 295 g/mol. The minimum atomic E-state index is -0.320. The molecule has 1 amide bonds. The summed E-state index contributed by atoms with van der Waals surface area (Å²) in [5.41, 5.74) is 7.89. The van der Waals surface area contributed by atoms with Crippen molar-refractivity contribution in [1.29, 1.82) is 0 Å². The van der Waals surface area contributed by atoms with Gasteiger partial charge < -0.3 is 11.1 Å². The Kier molecular flexibility index (Phi) is 3.74. The molecular weight excluding hydrogens is 278 g/mol. The predicted molar refractivity (Wildman–Crippen MR) is 84.8 cm³/mol. The highest BCUT2D eigenvalue weighted by molar-refractivity contribution is 5.76. The molecule has 2 aromatic heterocycles. The maximum absolute atomic E-state index is 11.3. The molecule has 22 heavy (non-hydrogen) atoms. The van der Waals surface area contributed by atoms with Crippen LogP contribution >= 0.6 is 0 Å². The summed E-state index contributed by atoms with van der Waals surface area (Å²) in [5, 5.41) is 7.62. The molecule has 6 nitrogen and oxygen atoms in total. The molecule has 3 N–H and O–H groups in total. The van der Waals surface area contributed by atoms with Crippen LogP contribution in [0.1, 0.15) is 12.6 Å². The second-order valence-electron chi connectivity index (χ2n) is 5.22. The largest absolute Gasteiger partial charge is 0.369 e. The third-order valence-electron chi connectivity index (χ3n) is 3.47. The van der Waals surface area contributed by atoms with Crippen LogP contribution < -0.4 is 11.1 Å². The average Bonchev–Trinajstić information content (AvgIpc) is 2.91. The lowest BCUT2D eigenvalue weighted by Crippen LogP contribution is -2.23. The number of rotatable bonds is 5. The molecule has 6 heteroatoms. The lowest BCUT2D eigenvalue weighted by atomic mass is 10.0. The van der Waals surface area contributed by atoms with E-state index in [2.05, 4.69) is 15.4 Å². The van der Waals surface area contributed by atoms with Crippen LogP contribution in [0.4, 0.5) is 11.6 Å². The highest BCUT2D eigenvalue weighted by Crippen LogP contribution is 2.16. The van der Waals surface area contributed by atoms with Gasteiger partial charge in [0.2, 0.25) is 11.9 Å². The summed E-state index contributed by atoms with van der Waals surface area (Å²) in [7, 11) is 0. The van der Waals surface area contributed by atoms with Gasteiger partial charge in [-0.15, -0.1) is 5.10 Å². The highest BCUT2D eigenvalue weighted by Gasteiger charge is 2.13. The quantitative estimate of drug-likeness (QED) is 0.755. The van der Waals surface area contributed by atoms with Crippen LogP contribution in [-0.2, 0) is 11.2 Å². The van der Waals surface area contributed by atoms with E-state index in [-0.39, 0.29) is 11.8 Å². The number of para-hydroxylation sites is 1. The van der Waals surface area contributed by atoms with Crippen LogP contribution in [-0.4, -0.2) is 20.5 Å². The van der Waals surface area contributed by atoms with Gasteiger partial charge in [-0.1, -0.05) is 31.2 Å². The fraction of sp³-hybridized carbons (Fsp3) is 0.188. The van der Waals surface area contributed by atoms with Gasteiger partial charge in [0.15, 0.2) is 5.65 Å². The Labute approximate surface area is 128 Å². The Morgan fingerprint density at radius 1 is 1.23 bits per heavy atom.